The van der Waals surface area contributed by atoms with Gasteiger partial charge in [0, 0.05) is 17.3 Å². The Kier molecular flexibility index (Phi) is 7.79. The average Bonchev–Trinajstić information content (AvgIpc) is 2.41. The lowest BCUT2D eigenvalue weighted by atomic mass is 10.1. The number of ether oxygens (including phenoxy) is 1. The molecule has 0 radical (unpaired) electrons. The molecule has 2 N–H and O–H groups in total. The number of benzene rings is 1. The molecular weight excluding hydrogens is 292 g/mol. The van der Waals surface area contributed by atoms with Gasteiger partial charge in [0.1, 0.15) is 13.2 Å². The van der Waals surface area contributed by atoms with Gasteiger partial charge in [0.15, 0.2) is 0 Å². The smallest absolute Gasteiger partial charge is 0.250 e. The molecule has 0 spiro atoms. The fourth-order valence-corrected chi connectivity index (χ4v) is 1.64. The van der Waals surface area contributed by atoms with Gasteiger partial charge in [0.25, 0.3) is 0 Å². The summed E-state index contributed by atoms with van der Waals surface area (Å²) in [7, 11) is 0. The van der Waals surface area contributed by atoms with Crippen molar-refractivity contribution in [3.8, 4) is 0 Å². The molecule has 0 aromatic heterocycles. The molecule has 0 unspecified atom stereocenters. The lowest BCUT2D eigenvalue weighted by Gasteiger charge is -2.08. The van der Waals surface area contributed by atoms with Crippen LogP contribution in [0.25, 0.3) is 0 Å². The van der Waals surface area contributed by atoms with Crippen molar-refractivity contribution in [2.45, 2.75) is 20.3 Å². The summed E-state index contributed by atoms with van der Waals surface area (Å²) in [5, 5.41) is 5.98. The van der Waals surface area contributed by atoms with Crippen LogP contribution in [0.5, 0.6) is 0 Å². The monoisotopic (exact) mass is 312 g/mol. The quantitative estimate of drug-likeness (QED) is 0.775. The normalized spacial score (nSPS) is 10.5. The molecule has 0 aliphatic heterocycles. The number of carbonyl (C=O) groups is 2. The third kappa shape index (κ3) is 8.32. The predicted molar refractivity (Wildman–Crippen MR) is 83.4 cm³/mol. The topological polar surface area (TPSA) is 67.4 Å². The highest BCUT2D eigenvalue weighted by atomic mass is 35.5. The van der Waals surface area contributed by atoms with E-state index in [1.54, 1.807) is 24.3 Å². The zero-order valence-electron chi connectivity index (χ0n) is 12.3. The van der Waals surface area contributed by atoms with Crippen molar-refractivity contribution in [2.75, 3.05) is 25.1 Å². The summed E-state index contributed by atoms with van der Waals surface area (Å²) in [6.45, 7) is 4.51. The highest BCUT2D eigenvalue weighted by Crippen LogP contribution is 2.13. The molecule has 1 aromatic carbocycles. The first kappa shape index (κ1) is 17.5. The van der Waals surface area contributed by atoms with Crippen molar-refractivity contribution < 1.29 is 14.3 Å². The fourth-order valence-electron chi connectivity index (χ4n) is 1.52. The zero-order chi connectivity index (χ0) is 15.7. The van der Waals surface area contributed by atoms with Gasteiger partial charge in [-0.2, -0.15) is 0 Å². The van der Waals surface area contributed by atoms with Gasteiger partial charge in [-0.1, -0.05) is 25.4 Å². The largest absolute Gasteiger partial charge is 0.362 e. The molecule has 0 saturated carbocycles. The van der Waals surface area contributed by atoms with E-state index in [9.17, 15) is 9.59 Å². The molecule has 5 nitrogen and oxygen atoms in total. The number of hydrogen-bond donors (Lipinski definition) is 2. The third-order valence-electron chi connectivity index (χ3n) is 2.64. The summed E-state index contributed by atoms with van der Waals surface area (Å²) in [5.41, 5.74) is 0.634. The van der Waals surface area contributed by atoms with Crippen molar-refractivity contribution in [1.82, 2.24) is 5.32 Å². The molecule has 21 heavy (non-hydrogen) atoms. The minimum Gasteiger partial charge on any atom is -0.362 e. The van der Waals surface area contributed by atoms with E-state index in [1.165, 1.54) is 0 Å². The first-order valence-corrected chi connectivity index (χ1v) is 7.25. The van der Waals surface area contributed by atoms with E-state index in [1.807, 2.05) is 0 Å². The molecule has 0 heterocycles. The van der Waals surface area contributed by atoms with E-state index in [0.717, 1.165) is 6.42 Å². The maximum absolute atomic E-state index is 11.6. The number of hydrogen-bond acceptors (Lipinski definition) is 3. The van der Waals surface area contributed by atoms with E-state index in [4.69, 9.17) is 16.3 Å². The molecule has 116 valence electrons. The van der Waals surface area contributed by atoms with Gasteiger partial charge < -0.3 is 15.4 Å². The summed E-state index contributed by atoms with van der Waals surface area (Å²) in [5.74, 6) is 0.0126. The van der Waals surface area contributed by atoms with Crippen LogP contribution < -0.4 is 10.6 Å². The summed E-state index contributed by atoms with van der Waals surface area (Å²) >= 11 is 5.75. The Morgan fingerprint density at radius 3 is 2.38 bits per heavy atom. The number of halogens is 1. The minimum atomic E-state index is -0.313. The number of rotatable bonds is 8. The predicted octanol–water partition coefficient (Wildman–Crippen LogP) is 2.46. The van der Waals surface area contributed by atoms with Crippen molar-refractivity contribution in [1.29, 1.82) is 0 Å². The summed E-state index contributed by atoms with van der Waals surface area (Å²) in [4.78, 5) is 23.0. The highest BCUT2D eigenvalue weighted by molar-refractivity contribution is 6.30. The Labute approximate surface area is 130 Å². The summed E-state index contributed by atoms with van der Waals surface area (Å²) in [6, 6.07) is 6.75. The molecule has 2 amide bonds. The second-order valence-corrected chi connectivity index (χ2v) is 5.52. The lowest BCUT2D eigenvalue weighted by Crippen LogP contribution is -2.30. The first-order chi connectivity index (χ1) is 9.97. The summed E-state index contributed by atoms with van der Waals surface area (Å²) in [6.07, 6.45) is 0.919. The first-order valence-electron chi connectivity index (χ1n) is 6.87. The maximum atomic E-state index is 11.6. The van der Waals surface area contributed by atoms with Crippen LogP contribution in [0.3, 0.4) is 0 Å². The number of carbonyl (C=O) groups excluding carboxylic acids is 2. The van der Waals surface area contributed by atoms with Crippen molar-refractivity contribution in [3.05, 3.63) is 29.3 Å². The maximum Gasteiger partial charge on any atom is 0.250 e. The second-order valence-electron chi connectivity index (χ2n) is 5.08. The average molecular weight is 313 g/mol. The van der Waals surface area contributed by atoms with E-state index >= 15 is 0 Å². The van der Waals surface area contributed by atoms with Crippen LogP contribution in [-0.4, -0.2) is 31.6 Å². The fraction of sp³-hybridized carbons (Fsp3) is 0.467. The Morgan fingerprint density at radius 1 is 1.14 bits per heavy atom. The minimum absolute atomic E-state index is 0.119. The van der Waals surface area contributed by atoms with Crippen LogP contribution in [0.1, 0.15) is 20.3 Å². The number of nitrogens with one attached hydrogen (secondary N) is 2. The van der Waals surface area contributed by atoms with Crippen LogP contribution in [0.15, 0.2) is 24.3 Å². The zero-order valence-corrected chi connectivity index (χ0v) is 13.1. The molecule has 0 fully saturated rings. The molecule has 0 aliphatic carbocycles. The molecule has 0 atom stereocenters. The van der Waals surface area contributed by atoms with Gasteiger partial charge >= 0.3 is 0 Å². The number of amides is 2. The molecule has 0 saturated heterocycles. The van der Waals surface area contributed by atoms with Crippen LogP contribution in [0.4, 0.5) is 5.69 Å². The van der Waals surface area contributed by atoms with Gasteiger partial charge in [-0.05, 0) is 36.6 Å². The Hall–Kier alpha value is -1.59. The van der Waals surface area contributed by atoms with Crippen molar-refractivity contribution in [3.63, 3.8) is 0 Å². The molecular formula is C15H21ClN2O3. The molecule has 0 bridgehead atoms. The van der Waals surface area contributed by atoms with Gasteiger partial charge in [-0.25, -0.2) is 0 Å². The van der Waals surface area contributed by atoms with Crippen LogP contribution in [0, 0.1) is 5.92 Å². The van der Waals surface area contributed by atoms with E-state index in [-0.39, 0.29) is 25.0 Å². The molecule has 1 rings (SSSR count). The van der Waals surface area contributed by atoms with E-state index < -0.39 is 0 Å². The molecule has 1 aromatic rings. The van der Waals surface area contributed by atoms with Crippen LogP contribution in [-0.2, 0) is 14.3 Å². The lowest BCUT2D eigenvalue weighted by molar-refractivity contribution is -0.128. The Morgan fingerprint density at radius 2 is 1.76 bits per heavy atom. The standard InChI is InChI=1S/C15H21ClN2O3/c1-11(2)7-8-17-14(19)9-21-10-15(20)18-13-5-3-12(16)4-6-13/h3-6,11H,7-10H2,1-2H3,(H,17,19)(H,18,20). The van der Waals surface area contributed by atoms with Crippen LogP contribution >= 0.6 is 11.6 Å². The SMILES string of the molecule is CC(C)CCNC(=O)COCC(=O)Nc1ccc(Cl)cc1. The van der Waals surface area contributed by atoms with Gasteiger partial charge in [0.05, 0.1) is 0 Å². The van der Waals surface area contributed by atoms with Crippen molar-refractivity contribution in [2.24, 2.45) is 5.92 Å². The summed E-state index contributed by atoms with van der Waals surface area (Å²) < 4.78 is 5.06. The highest BCUT2D eigenvalue weighted by Gasteiger charge is 2.06. The van der Waals surface area contributed by atoms with Gasteiger partial charge in [-0.15, -0.1) is 0 Å². The van der Waals surface area contributed by atoms with Crippen LogP contribution in [0.2, 0.25) is 5.02 Å². The second kappa shape index (κ2) is 9.37. The van der Waals surface area contributed by atoms with E-state index in [2.05, 4.69) is 24.5 Å². The van der Waals surface area contributed by atoms with Crippen molar-refractivity contribution >= 4 is 29.1 Å². The Balaban J connectivity index is 2.15. The molecule has 6 heteroatoms. The van der Waals surface area contributed by atoms with Gasteiger partial charge in [-0.3, -0.25) is 9.59 Å². The van der Waals surface area contributed by atoms with Gasteiger partial charge in [0.2, 0.25) is 11.8 Å². The van der Waals surface area contributed by atoms with E-state index in [0.29, 0.717) is 23.2 Å². The number of anilines is 1. The third-order valence-corrected chi connectivity index (χ3v) is 2.89. The molecule has 0 aliphatic rings. The Bertz CT molecular complexity index is 460.